The Balaban J connectivity index is 3.99. The minimum atomic E-state index is -0.802. The molecule has 0 aromatic heterocycles. The molecule has 0 aromatic carbocycles. The van der Waals surface area contributed by atoms with E-state index < -0.39 is 5.60 Å². The number of nitriles is 1. The minimum Gasteiger partial charge on any atom is -0.389 e. The SMILES string of the molecule is CCCC(C)(O)C(C)C#N. The molecular formula is C8H15NO. The summed E-state index contributed by atoms with van der Waals surface area (Å²) in [4.78, 5) is 0. The Bertz CT molecular complexity index is 135. The van der Waals surface area contributed by atoms with Gasteiger partial charge in [-0.15, -0.1) is 0 Å². The van der Waals surface area contributed by atoms with Crippen LogP contribution in [0.5, 0.6) is 0 Å². The molecule has 10 heavy (non-hydrogen) atoms. The van der Waals surface area contributed by atoms with Crippen LogP contribution in [0.25, 0.3) is 0 Å². The second-order valence-corrected chi connectivity index (χ2v) is 2.96. The van der Waals surface area contributed by atoms with Crippen molar-refractivity contribution in [3.05, 3.63) is 0 Å². The van der Waals surface area contributed by atoms with E-state index in [2.05, 4.69) is 0 Å². The summed E-state index contributed by atoms with van der Waals surface area (Å²) >= 11 is 0. The second-order valence-electron chi connectivity index (χ2n) is 2.96. The molecule has 2 atom stereocenters. The summed E-state index contributed by atoms with van der Waals surface area (Å²) in [5.41, 5.74) is -0.802. The van der Waals surface area contributed by atoms with E-state index in [1.54, 1.807) is 13.8 Å². The zero-order valence-corrected chi connectivity index (χ0v) is 6.89. The quantitative estimate of drug-likeness (QED) is 0.650. The Morgan fingerprint density at radius 1 is 1.70 bits per heavy atom. The van der Waals surface area contributed by atoms with Crippen molar-refractivity contribution in [2.24, 2.45) is 5.92 Å². The highest BCUT2D eigenvalue weighted by Crippen LogP contribution is 2.21. The highest BCUT2D eigenvalue weighted by atomic mass is 16.3. The van der Waals surface area contributed by atoms with Gasteiger partial charge >= 0.3 is 0 Å². The van der Waals surface area contributed by atoms with Crippen LogP contribution in [-0.4, -0.2) is 10.7 Å². The Morgan fingerprint density at radius 3 is 2.50 bits per heavy atom. The lowest BCUT2D eigenvalue weighted by atomic mass is 9.88. The summed E-state index contributed by atoms with van der Waals surface area (Å²) in [6, 6.07) is 2.04. The third-order valence-corrected chi connectivity index (χ3v) is 1.88. The monoisotopic (exact) mass is 141 g/mol. The normalized spacial score (nSPS) is 19.1. The maximum atomic E-state index is 9.56. The van der Waals surface area contributed by atoms with Crippen molar-refractivity contribution in [3.63, 3.8) is 0 Å². The molecule has 0 aromatic rings. The summed E-state index contributed by atoms with van der Waals surface area (Å²) in [5, 5.41) is 18.0. The smallest absolute Gasteiger partial charge is 0.0774 e. The van der Waals surface area contributed by atoms with Gasteiger partial charge in [0.25, 0.3) is 0 Å². The maximum Gasteiger partial charge on any atom is 0.0774 e. The first-order chi connectivity index (χ1) is 4.54. The molecule has 0 bridgehead atoms. The molecule has 1 N–H and O–H groups in total. The minimum absolute atomic E-state index is 0.271. The number of rotatable bonds is 3. The lowest BCUT2D eigenvalue weighted by Crippen LogP contribution is -2.31. The van der Waals surface area contributed by atoms with Crippen LogP contribution in [0.3, 0.4) is 0 Å². The van der Waals surface area contributed by atoms with Gasteiger partial charge in [-0.3, -0.25) is 0 Å². The van der Waals surface area contributed by atoms with E-state index in [0.717, 1.165) is 6.42 Å². The molecular weight excluding hydrogens is 126 g/mol. The molecule has 0 aliphatic carbocycles. The van der Waals surface area contributed by atoms with Gasteiger partial charge in [0.05, 0.1) is 17.6 Å². The Labute approximate surface area is 62.5 Å². The predicted octanol–water partition coefficient (Wildman–Crippen LogP) is 1.70. The van der Waals surface area contributed by atoms with E-state index in [-0.39, 0.29) is 5.92 Å². The maximum absolute atomic E-state index is 9.56. The first-order valence-corrected chi connectivity index (χ1v) is 3.66. The third kappa shape index (κ3) is 2.36. The molecule has 0 fully saturated rings. The summed E-state index contributed by atoms with van der Waals surface area (Å²) in [6.45, 7) is 5.46. The van der Waals surface area contributed by atoms with E-state index in [1.807, 2.05) is 13.0 Å². The molecule has 0 spiro atoms. The fraction of sp³-hybridized carbons (Fsp3) is 0.875. The molecule has 0 aliphatic rings. The molecule has 0 rings (SSSR count). The van der Waals surface area contributed by atoms with E-state index >= 15 is 0 Å². The van der Waals surface area contributed by atoms with E-state index in [1.165, 1.54) is 0 Å². The van der Waals surface area contributed by atoms with Crippen molar-refractivity contribution in [2.45, 2.75) is 39.2 Å². The van der Waals surface area contributed by atoms with Crippen molar-refractivity contribution in [2.75, 3.05) is 0 Å². The molecule has 58 valence electrons. The van der Waals surface area contributed by atoms with Gasteiger partial charge < -0.3 is 5.11 Å². The molecule has 2 nitrogen and oxygen atoms in total. The van der Waals surface area contributed by atoms with E-state index in [9.17, 15) is 5.11 Å². The summed E-state index contributed by atoms with van der Waals surface area (Å²) in [6.07, 6.45) is 1.61. The molecule has 0 heterocycles. The molecule has 0 radical (unpaired) electrons. The fourth-order valence-corrected chi connectivity index (χ4v) is 0.862. The lowest BCUT2D eigenvalue weighted by Gasteiger charge is -2.24. The first kappa shape index (κ1) is 9.45. The van der Waals surface area contributed by atoms with Gasteiger partial charge in [0, 0.05) is 0 Å². The van der Waals surface area contributed by atoms with E-state index in [4.69, 9.17) is 5.26 Å². The van der Waals surface area contributed by atoms with Crippen LogP contribution in [0.15, 0.2) is 0 Å². The van der Waals surface area contributed by atoms with Gasteiger partial charge in [-0.1, -0.05) is 13.3 Å². The van der Waals surface area contributed by atoms with Crippen LogP contribution in [-0.2, 0) is 0 Å². The molecule has 2 unspecified atom stereocenters. The van der Waals surface area contributed by atoms with E-state index in [0.29, 0.717) is 6.42 Å². The molecule has 0 amide bonds. The van der Waals surface area contributed by atoms with Crippen molar-refractivity contribution in [1.82, 2.24) is 0 Å². The van der Waals surface area contributed by atoms with Crippen molar-refractivity contribution < 1.29 is 5.11 Å². The van der Waals surface area contributed by atoms with Crippen molar-refractivity contribution in [3.8, 4) is 6.07 Å². The number of aliphatic hydroxyl groups is 1. The van der Waals surface area contributed by atoms with Crippen LogP contribution in [0, 0.1) is 17.2 Å². The van der Waals surface area contributed by atoms with Crippen LogP contribution in [0.2, 0.25) is 0 Å². The second kappa shape index (κ2) is 3.58. The first-order valence-electron chi connectivity index (χ1n) is 3.66. The van der Waals surface area contributed by atoms with Gasteiger partial charge in [-0.2, -0.15) is 5.26 Å². The molecule has 0 aliphatic heterocycles. The van der Waals surface area contributed by atoms with Gasteiger partial charge in [0.1, 0.15) is 0 Å². The lowest BCUT2D eigenvalue weighted by molar-refractivity contribution is 0.0181. The highest BCUT2D eigenvalue weighted by molar-refractivity contribution is 4.92. The van der Waals surface area contributed by atoms with Crippen LogP contribution in [0.1, 0.15) is 33.6 Å². The third-order valence-electron chi connectivity index (χ3n) is 1.88. The average Bonchev–Trinajstić information content (AvgIpc) is 1.86. The molecule has 0 saturated carbocycles. The Hall–Kier alpha value is -0.550. The summed E-state index contributed by atoms with van der Waals surface area (Å²) < 4.78 is 0. The van der Waals surface area contributed by atoms with Crippen LogP contribution in [0.4, 0.5) is 0 Å². The van der Waals surface area contributed by atoms with Crippen molar-refractivity contribution in [1.29, 1.82) is 5.26 Å². The largest absolute Gasteiger partial charge is 0.389 e. The van der Waals surface area contributed by atoms with Crippen LogP contribution < -0.4 is 0 Å². The fourth-order valence-electron chi connectivity index (χ4n) is 0.862. The highest BCUT2D eigenvalue weighted by Gasteiger charge is 2.26. The van der Waals surface area contributed by atoms with Crippen molar-refractivity contribution >= 4 is 0 Å². The van der Waals surface area contributed by atoms with Crippen LogP contribution >= 0.6 is 0 Å². The Morgan fingerprint density at radius 2 is 2.20 bits per heavy atom. The standard InChI is InChI=1S/C8H15NO/c1-4-5-8(3,10)7(2)6-9/h7,10H,4-5H2,1-3H3. The van der Waals surface area contributed by atoms with Gasteiger partial charge in [0.2, 0.25) is 0 Å². The Kier molecular flexibility index (Phi) is 3.38. The zero-order chi connectivity index (χ0) is 8.20. The van der Waals surface area contributed by atoms with Gasteiger partial charge in [0.15, 0.2) is 0 Å². The van der Waals surface area contributed by atoms with Gasteiger partial charge in [-0.05, 0) is 20.3 Å². The number of nitrogens with zero attached hydrogens (tertiary/aromatic N) is 1. The average molecular weight is 141 g/mol. The topological polar surface area (TPSA) is 44.0 Å². The zero-order valence-electron chi connectivity index (χ0n) is 6.89. The van der Waals surface area contributed by atoms with Gasteiger partial charge in [-0.25, -0.2) is 0 Å². The summed E-state index contributed by atoms with van der Waals surface area (Å²) in [5.74, 6) is -0.271. The predicted molar refractivity (Wildman–Crippen MR) is 40.3 cm³/mol. The molecule has 2 heteroatoms. The number of hydrogen-bond donors (Lipinski definition) is 1. The number of hydrogen-bond acceptors (Lipinski definition) is 2. The summed E-state index contributed by atoms with van der Waals surface area (Å²) in [7, 11) is 0. The molecule has 0 saturated heterocycles.